The van der Waals surface area contributed by atoms with Crippen LogP contribution in [0.1, 0.15) is 5.56 Å². The largest absolute Gasteiger partial charge is 0.343 e. The van der Waals surface area contributed by atoms with Gasteiger partial charge in [-0.3, -0.25) is 4.90 Å². The molecule has 22 heavy (non-hydrogen) atoms. The van der Waals surface area contributed by atoms with Crippen LogP contribution >= 0.6 is 11.8 Å². The lowest BCUT2D eigenvalue weighted by atomic mass is 10.2. The molecule has 0 spiro atoms. The van der Waals surface area contributed by atoms with Gasteiger partial charge in [0.05, 0.1) is 25.0 Å². The van der Waals surface area contributed by atoms with Crippen LogP contribution in [-0.4, -0.2) is 36.2 Å². The number of H-pyrrole nitrogens is 1. The molecule has 2 aromatic rings. The van der Waals surface area contributed by atoms with Crippen molar-refractivity contribution in [2.75, 3.05) is 31.1 Å². The van der Waals surface area contributed by atoms with Crippen LogP contribution in [0.4, 0.5) is 11.5 Å². The summed E-state index contributed by atoms with van der Waals surface area (Å²) in [7, 11) is 0. The third kappa shape index (κ3) is 2.68. The standard InChI is InChI=1S/C17H18N4S/c1-2-6-15-14(5-1)13-22-17(19-15)21-11-9-20(10-12-21)16-7-3-4-8-18-16/h1-8H,9-13H2/p+1. The van der Waals surface area contributed by atoms with Crippen molar-refractivity contribution >= 4 is 28.4 Å². The van der Waals surface area contributed by atoms with Gasteiger partial charge in [0.25, 0.3) is 5.82 Å². The van der Waals surface area contributed by atoms with Gasteiger partial charge < -0.3 is 4.90 Å². The topological polar surface area (TPSA) is 33.0 Å². The number of piperazine rings is 1. The van der Waals surface area contributed by atoms with E-state index in [2.05, 4.69) is 51.2 Å². The highest BCUT2D eigenvalue weighted by atomic mass is 32.2. The maximum absolute atomic E-state index is 4.85. The molecule has 0 atom stereocenters. The first-order valence-corrected chi connectivity index (χ1v) is 8.65. The molecule has 1 aromatic carbocycles. The summed E-state index contributed by atoms with van der Waals surface area (Å²) in [4.78, 5) is 13.0. The number of fused-ring (bicyclic) bond motifs is 1. The molecule has 4 nitrogen and oxygen atoms in total. The van der Waals surface area contributed by atoms with E-state index < -0.39 is 0 Å². The molecule has 1 fully saturated rings. The van der Waals surface area contributed by atoms with Gasteiger partial charge in [0.2, 0.25) is 0 Å². The fourth-order valence-corrected chi connectivity index (χ4v) is 3.96. The number of nitrogens with one attached hydrogen (secondary N) is 1. The molecule has 4 rings (SSSR count). The number of amidine groups is 1. The number of hydrogen-bond acceptors (Lipinski definition) is 4. The Bertz CT molecular complexity index is 678. The van der Waals surface area contributed by atoms with E-state index in [0.29, 0.717) is 0 Å². The summed E-state index contributed by atoms with van der Waals surface area (Å²) in [6, 6.07) is 14.7. The van der Waals surface area contributed by atoms with Crippen molar-refractivity contribution in [3.05, 3.63) is 54.2 Å². The number of hydrogen-bond donors (Lipinski definition) is 0. The first kappa shape index (κ1) is 13.6. The molecule has 0 radical (unpaired) electrons. The minimum atomic E-state index is 1.02. The molecule has 0 aliphatic carbocycles. The highest BCUT2D eigenvalue weighted by Crippen LogP contribution is 2.32. The molecule has 2 aliphatic heterocycles. The Hall–Kier alpha value is -2.01. The Morgan fingerprint density at radius 3 is 2.50 bits per heavy atom. The maximum Gasteiger partial charge on any atom is 0.274 e. The summed E-state index contributed by atoms with van der Waals surface area (Å²) in [5, 5.41) is 1.18. The molecule has 0 unspecified atom stereocenters. The van der Waals surface area contributed by atoms with Crippen molar-refractivity contribution < 1.29 is 4.98 Å². The van der Waals surface area contributed by atoms with Gasteiger partial charge in [-0.15, -0.1) is 0 Å². The minimum absolute atomic E-state index is 1.02. The Morgan fingerprint density at radius 1 is 0.909 bits per heavy atom. The lowest BCUT2D eigenvalue weighted by Crippen LogP contribution is -2.49. The van der Waals surface area contributed by atoms with Gasteiger partial charge in [-0.2, -0.15) is 0 Å². The van der Waals surface area contributed by atoms with E-state index in [0.717, 1.165) is 37.6 Å². The summed E-state index contributed by atoms with van der Waals surface area (Å²) >= 11 is 1.86. The second kappa shape index (κ2) is 6.01. The average molecular weight is 311 g/mol. The van der Waals surface area contributed by atoms with Gasteiger partial charge in [-0.1, -0.05) is 36.0 Å². The molecule has 3 heterocycles. The number of aromatic nitrogens is 1. The number of aromatic amines is 1. The lowest BCUT2D eigenvalue weighted by Gasteiger charge is -2.33. The van der Waals surface area contributed by atoms with Gasteiger partial charge >= 0.3 is 0 Å². The Kier molecular flexibility index (Phi) is 3.72. The normalized spacial score (nSPS) is 17.9. The monoisotopic (exact) mass is 311 g/mol. The lowest BCUT2D eigenvalue weighted by molar-refractivity contribution is -0.364. The van der Waals surface area contributed by atoms with Crippen LogP contribution < -0.4 is 9.88 Å². The molecule has 0 saturated carbocycles. The van der Waals surface area contributed by atoms with Crippen molar-refractivity contribution in [3.63, 3.8) is 0 Å². The van der Waals surface area contributed by atoms with Crippen molar-refractivity contribution in [1.82, 2.24) is 4.90 Å². The molecular formula is C17H19N4S+. The third-order valence-corrected chi connectivity index (χ3v) is 5.21. The van der Waals surface area contributed by atoms with Gasteiger partial charge in [-0.05, 0) is 17.7 Å². The number of pyridine rings is 1. The summed E-state index contributed by atoms with van der Waals surface area (Å²) in [5.41, 5.74) is 2.48. The average Bonchev–Trinajstić information content (AvgIpc) is 2.62. The summed E-state index contributed by atoms with van der Waals surface area (Å²) in [6.07, 6.45) is 1.99. The number of thioether (sulfide) groups is 1. The highest BCUT2D eigenvalue weighted by molar-refractivity contribution is 8.13. The van der Waals surface area contributed by atoms with Crippen LogP contribution in [0.15, 0.2) is 53.7 Å². The molecular weight excluding hydrogens is 292 g/mol. The minimum Gasteiger partial charge on any atom is -0.343 e. The predicted molar refractivity (Wildman–Crippen MR) is 91.6 cm³/mol. The van der Waals surface area contributed by atoms with Crippen molar-refractivity contribution in [2.24, 2.45) is 4.99 Å². The van der Waals surface area contributed by atoms with E-state index >= 15 is 0 Å². The van der Waals surface area contributed by atoms with Crippen LogP contribution in [0.25, 0.3) is 0 Å². The van der Waals surface area contributed by atoms with Gasteiger partial charge in [0.1, 0.15) is 13.1 Å². The molecule has 1 aromatic heterocycles. The zero-order valence-electron chi connectivity index (χ0n) is 12.4. The van der Waals surface area contributed by atoms with Gasteiger partial charge in [0.15, 0.2) is 5.17 Å². The first-order chi connectivity index (χ1) is 10.9. The molecule has 0 amide bonds. The van der Waals surface area contributed by atoms with Crippen LogP contribution in [-0.2, 0) is 5.75 Å². The predicted octanol–water partition coefficient (Wildman–Crippen LogP) is 2.56. The summed E-state index contributed by atoms with van der Waals surface area (Å²) in [5.74, 6) is 2.23. The van der Waals surface area contributed by atoms with E-state index in [1.807, 2.05) is 24.0 Å². The van der Waals surface area contributed by atoms with Gasteiger partial charge in [-0.25, -0.2) is 9.98 Å². The maximum atomic E-state index is 4.85. The SMILES string of the molecule is c1ccc(N2CCN(C3=Nc4ccccc4CS3)CC2)[nH+]c1. The fourth-order valence-electron chi connectivity index (χ4n) is 2.90. The van der Waals surface area contributed by atoms with E-state index in [4.69, 9.17) is 4.99 Å². The second-order valence-electron chi connectivity index (χ2n) is 5.53. The number of nitrogens with zero attached hydrogens (tertiary/aromatic N) is 3. The fraction of sp³-hybridized carbons (Fsp3) is 0.294. The van der Waals surface area contributed by atoms with E-state index in [1.165, 1.54) is 16.5 Å². The van der Waals surface area contributed by atoms with Crippen molar-refractivity contribution in [1.29, 1.82) is 0 Å². The Morgan fingerprint density at radius 2 is 1.68 bits per heavy atom. The molecule has 112 valence electrons. The van der Waals surface area contributed by atoms with Crippen LogP contribution in [0.3, 0.4) is 0 Å². The molecule has 0 bridgehead atoms. The zero-order chi connectivity index (χ0) is 14.8. The molecule has 1 saturated heterocycles. The van der Waals surface area contributed by atoms with Crippen molar-refractivity contribution in [2.45, 2.75) is 5.75 Å². The summed E-state index contributed by atoms with van der Waals surface area (Å²) < 4.78 is 0. The van der Waals surface area contributed by atoms with Crippen LogP contribution in [0, 0.1) is 0 Å². The van der Waals surface area contributed by atoms with E-state index in [1.54, 1.807) is 0 Å². The van der Waals surface area contributed by atoms with Gasteiger partial charge in [0, 0.05) is 11.8 Å². The molecule has 5 heteroatoms. The first-order valence-electron chi connectivity index (χ1n) is 7.66. The van der Waals surface area contributed by atoms with Crippen LogP contribution in [0.2, 0.25) is 0 Å². The van der Waals surface area contributed by atoms with E-state index in [9.17, 15) is 0 Å². The Labute approximate surface area is 134 Å². The zero-order valence-corrected chi connectivity index (χ0v) is 13.2. The highest BCUT2D eigenvalue weighted by Gasteiger charge is 2.26. The number of aliphatic imine (C=N–C) groups is 1. The van der Waals surface area contributed by atoms with E-state index in [-0.39, 0.29) is 0 Å². The van der Waals surface area contributed by atoms with Crippen LogP contribution in [0.5, 0.6) is 0 Å². The smallest absolute Gasteiger partial charge is 0.274 e. The Balaban J connectivity index is 1.45. The molecule has 2 aliphatic rings. The second-order valence-corrected chi connectivity index (χ2v) is 6.48. The van der Waals surface area contributed by atoms with Crippen molar-refractivity contribution in [3.8, 4) is 0 Å². The third-order valence-electron chi connectivity index (χ3n) is 4.15. The number of anilines is 1. The quantitative estimate of drug-likeness (QED) is 0.811. The number of rotatable bonds is 1. The number of benzene rings is 1. The molecule has 1 N–H and O–H groups in total. The summed E-state index contributed by atoms with van der Waals surface area (Å²) in [6.45, 7) is 4.11. The number of para-hydroxylation sites is 1.